The Hall–Kier alpha value is -0.760. The Morgan fingerprint density at radius 2 is 2.04 bits per heavy atom. The molecule has 0 saturated carbocycles. The van der Waals surface area contributed by atoms with E-state index in [1.165, 1.54) is 19.3 Å². The molecule has 2 atom stereocenters. The summed E-state index contributed by atoms with van der Waals surface area (Å²) in [4.78, 5) is 7.34. The van der Waals surface area contributed by atoms with E-state index in [-0.39, 0.29) is 30.0 Å². The first-order chi connectivity index (χ1) is 11.2. The van der Waals surface area contributed by atoms with Crippen LogP contribution in [-0.4, -0.2) is 43.1 Å². The molecule has 5 nitrogen and oxygen atoms in total. The quantitative estimate of drug-likeness (QED) is 0.379. The number of likely N-dealkylation sites (tertiary alicyclic amines) is 1. The maximum Gasteiger partial charge on any atom is 0.191 e. The van der Waals surface area contributed by atoms with Crippen molar-refractivity contribution in [2.75, 3.05) is 26.2 Å². The number of hydrogen-bond donors (Lipinski definition) is 2. The number of piperidine rings is 1. The molecule has 0 bridgehead atoms. The highest BCUT2D eigenvalue weighted by atomic mass is 127. The Kier molecular flexibility index (Phi) is 10.4. The van der Waals surface area contributed by atoms with Gasteiger partial charge in [-0.1, -0.05) is 13.3 Å². The van der Waals surface area contributed by atoms with Gasteiger partial charge in [0, 0.05) is 12.6 Å². The zero-order chi connectivity index (χ0) is 16.5. The first kappa shape index (κ1) is 21.3. The van der Waals surface area contributed by atoms with E-state index < -0.39 is 0 Å². The third-order valence-electron chi connectivity index (χ3n) is 4.47. The van der Waals surface area contributed by atoms with Gasteiger partial charge in [-0.2, -0.15) is 0 Å². The van der Waals surface area contributed by atoms with E-state index >= 15 is 0 Å². The summed E-state index contributed by atoms with van der Waals surface area (Å²) < 4.78 is 5.69. The molecule has 2 unspecified atom stereocenters. The summed E-state index contributed by atoms with van der Waals surface area (Å²) in [6.07, 6.45) is 6.72. The van der Waals surface area contributed by atoms with Crippen molar-refractivity contribution in [1.82, 2.24) is 15.5 Å². The molecule has 0 aliphatic carbocycles. The molecule has 1 aliphatic rings. The third-order valence-corrected chi connectivity index (χ3v) is 4.47. The molecule has 2 N–H and O–H groups in total. The summed E-state index contributed by atoms with van der Waals surface area (Å²) in [6, 6.07) is 4.70. The predicted octanol–water partition coefficient (Wildman–Crippen LogP) is 3.78. The van der Waals surface area contributed by atoms with Crippen LogP contribution in [0, 0.1) is 0 Å². The summed E-state index contributed by atoms with van der Waals surface area (Å²) in [5.74, 6) is 1.92. The van der Waals surface area contributed by atoms with Crippen LogP contribution in [0.1, 0.15) is 58.3 Å². The van der Waals surface area contributed by atoms with Crippen molar-refractivity contribution in [2.45, 2.75) is 58.5 Å². The van der Waals surface area contributed by atoms with Crippen LogP contribution in [-0.2, 0) is 0 Å². The van der Waals surface area contributed by atoms with E-state index in [0.717, 1.165) is 44.3 Å². The molecule has 1 aromatic heterocycles. The van der Waals surface area contributed by atoms with E-state index in [0.29, 0.717) is 6.04 Å². The van der Waals surface area contributed by atoms with Crippen molar-refractivity contribution in [3.63, 3.8) is 0 Å². The average Bonchev–Trinajstić information content (AvgIpc) is 3.10. The first-order valence-electron chi connectivity index (χ1n) is 9.06. The minimum atomic E-state index is 0. The van der Waals surface area contributed by atoms with E-state index in [1.54, 1.807) is 6.26 Å². The van der Waals surface area contributed by atoms with Gasteiger partial charge in [0.2, 0.25) is 0 Å². The van der Waals surface area contributed by atoms with Crippen molar-refractivity contribution in [2.24, 2.45) is 4.99 Å². The number of nitrogens with one attached hydrogen (secondary N) is 2. The van der Waals surface area contributed by atoms with E-state index in [1.807, 2.05) is 6.07 Å². The lowest BCUT2D eigenvalue weighted by atomic mass is 10.1. The molecule has 1 aromatic rings. The second-order valence-electron chi connectivity index (χ2n) is 6.30. The van der Waals surface area contributed by atoms with Crippen molar-refractivity contribution >= 4 is 29.9 Å². The Bertz CT molecular complexity index is 458. The molecule has 1 aliphatic heterocycles. The predicted molar refractivity (Wildman–Crippen MR) is 111 cm³/mol. The van der Waals surface area contributed by atoms with E-state index in [4.69, 9.17) is 9.41 Å². The molecule has 0 amide bonds. The highest BCUT2D eigenvalue weighted by molar-refractivity contribution is 14.0. The summed E-state index contributed by atoms with van der Waals surface area (Å²) in [7, 11) is 0. The molecule has 1 saturated heterocycles. The van der Waals surface area contributed by atoms with Crippen LogP contribution >= 0.6 is 24.0 Å². The highest BCUT2D eigenvalue weighted by Crippen LogP contribution is 2.25. The molecule has 6 heteroatoms. The maximum absolute atomic E-state index is 5.69. The lowest BCUT2D eigenvalue weighted by Gasteiger charge is -2.32. The molecule has 24 heavy (non-hydrogen) atoms. The van der Waals surface area contributed by atoms with Gasteiger partial charge in [-0.05, 0) is 58.3 Å². The van der Waals surface area contributed by atoms with Crippen LogP contribution in [0.5, 0.6) is 0 Å². The minimum Gasteiger partial charge on any atom is -0.468 e. The summed E-state index contributed by atoms with van der Waals surface area (Å²) >= 11 is 0. The van der Waals surface area contributed by atoms with Crippen LogP contribution in [0.25, 0.3) is 0 Å². The SMILES string of the molecule is CCNC(=NCC(c1ccco1)N1CCCCC1)NC(C)CC.I. The number of hydrogen-bond acceptors (Lipinski definition) is 3. The van der Waals surface area contributed by atoms with Gasteiger partial charge in [-0.15, -0.1) is 24.0 Å². The van der Waals surface area contributed by atoms with Crippen molar-refractivity contribution in [3.05, 3.63) is 24.2 Å². The topological polar surface area (TPSA) is 52.8 Å². The van der Waals surface area contributed by atoms with Crippen LogP contribution in [0.15, 0.2) is 27.8 Å². The molecular formula is C18H33IN4O. The smallest absolute Gasteiger partial charge is 0.191 e. The van der Waals surface area contributed by atoms with Crippen molar-refractivity contribution in [3.8, 4) is 0 Å². The second kappa shape index (κ2) is 11.7. The molecule has 0 aromatic carbocycles. The summed E-state index contributed by atoms with van der Waals surface area (Å²) in [5.41, 5.74) is 0. The van der Waals surface area contributed by atoms with Crippen LogP contribution in [0.4, 0.5) is 0 Å². The molecule has 2 rings (SSSR count). The number of furan rings is 1. The third kappa shape index (κ3) is 6.63. The van der Waals surface area contributed by atoms with E-state index in [2.05, 4.69) is 42.4 Å². The molecule has 0 radical (unpaired) electrons. The standard InChI is InChI=1S/C18H32N4O.HI/c1-4-15(3)21-18(19-5-2)20-14-16(17-10-9-13-23-17)22-11-7-6-8-12-22;/h9-10,13,15-16H,4-8,11-12,14H2,1-3H3,(H2,19,20,21);1H. The zero-order valence-corrected chi connectivity index (χ0v) is 17.6. The second-order valence-corrected chi connectivity index (χ2v) is 6.30. The Balaban J connectivity index is 0.00000288. The monoisotopic (exact) mass is 448 g/mol. The van der Waals surface area contributed by atoms with Gasteiger partial charge >= 0.3 is 0 Å². The Labute approximate surface area is 163 Å². The summed E-state index contributed by atoms with van der Waals surface area (Å²) in [6.45, 7) is 10.3. The van der Waals surface area contributed by atoms with Gasteiger partial charge in [-0.3, -0.25) is 9.89 Å². The minimum absolute atomic E-state index is 0. The van der Waals surface area contributed by atoms with Gasteiger partial charge in [0.1, 0.15) is 5.76 Å². The maximum atomic E-state index is 5.69. The highest BCUT2D eigenvalue weighted by Gasteiger charge is 2.24. The number of nitrogens with zero attached hydrogens (tertiary/aromatic N) is 2. The number of aliphatic imine (C=N–C) groups is 1. The van der Waals surface area contributed by atoms with Gasteiger partial charge < -0.3 is 15.1 Å². The molecule has 2 heterocycles. The van der Waals surface area contributed by atoms with Crippen molar-refractivity contribution in [1.29, 1.82) is 0 Å². The Morgan fingerprint density at radius 3 is 2.62 bits per heavy atom. The van der Waals surface area contributed by atoms with Gasteiger partial charge in [0.25, 0.3) is 0 Å². The normalized spacial score (nSPS) is 18.5. The number of halogens is 1. The van der Waals surface area contributed by atoms with Gasteiger partial charge in [0.15, 0.2) is 5.96 Å². The van der Waals surface area contributed by atoms with Crippen LogP contribution in [0.2, 0.25) is 0 Å². The molecule has 138 valence electrons. The lowest BCUT2D eigenvalue weighted by molar-refractivity contribution is 0.150. The fraction of sp³-hybridized carbons (Fsp3) is 0.722. The molecule has 1 fully saturated rings. The van der Waals surface area contributed by atoms with Crippen LogP contribution < -0.4 is 10.6 Å². The van der Waals surface area contributed by atoms with Crippen molar-refractivity contribution < 1.29 is 4.42 Å². The largest absolute Gasteiger partial charge is 0.468 e. The summed E-state index contributed by atoms with van der Waals surface area (Å²) in [5, 5.41) is 6.80. The number of rotatable bonds is 7. The van der Waals surface area contributed by atoms with E-state index in [9.17, 15) is 0 Å². The van der Waals surface area contributed by atoms with Gasteiger partial charge in [-0.25, -0.2) is 0 Å². The first-order valence-corrected chi connectivity index (χ1v) is 9.06. The molecular weight excluding hydrogens is 415 g/mol. The number of guanidine groups is 1. The zero-order valence-electron chi connectivity index (χ0n) is 15.3. The lowest BCUT2D eigenvalue weighted by Crippen LogP contribution is -2.43. The average molecular weight is 448 g/mol. The fourth-order valence-corrected chi connectivity index (χ4v) is 2.93. The Morgan fingerprint density at radius 1 is 1.29 bits per heavy atom. The fourth-order valence-electron chi connectivity index (χ4n) is 2.93. The molecule has 0 spiro atoms. The van der Waals surface area contributed by atoms with Crippen LogP contribution in [0.3, 0.4) is 0 Å². The van der Waals surface area contributed by atoms with Gasteiger partial charge in [0.05, 0.1) is 18.8 Å².